The highest BCUT2D eigenvalue weighted by Crippen LogP contribution is 2.13. The van der Waals surface area contributed by atoms with E-state index in [0.29, 0.717) is 13.1 Å². The van der Waals surface area contributed by atoms with Crippen LogP contribution in [-0.4, -0.2) is 52.3 Å². The zero-order valence-electron chi connectivity index (χ0n) is 17.4. The van der Waals surface area contributed by atoms with Gasteiger partial charge in [-0.1, -0.05) is 24.3 Å². The SMILES string of the molecule is CN=C(NCc1ccc(OCCCN(C)C)cc1)NCc1cccc(OC)c1. The molecule has 0 fully saturated rings. The van der Waals surface area contributed by atoms with Crippen LogP contribution in [-0.2, 0) is 13.1 Å². The van der Waals surface area contributed by atoms with Crippen LogP contribution in [0.1, 0.15) is 17.5 Å². The van der Waals surface area contributed by atoms with Crippen LogP contribution in [0.4, 0.5) is 0 Å². The number of rotatable bonds is 10. The molecule has 0 radical (unpaired) electrons. The van der Waals surface area contributed by atoms with E-state index in [1.165, 1.54) is 5.56 Å². The number of methoxy groups -OCH3 is 1. The highest BCUT2D eigenvalue weighted by atomic mass is 16.5. The molecule has 2 rings (SSSR count). The van der Waals surface area contributed by atoms with Crippen LogP contribution in [0.25, 0.3) is 0 Å². The molecule has 2 aromatic carbocycles. The van der Waals surface area contributed by atoms with Gasteiger partial charge in [-0.25, -0.2) is 0 Å². The lowest BCUT2D eigenvalue weighted by atomic mass is 10.2. The average Bonchev–Trinajstić information content (AvgIpc) is 2.72. The quantitative estimate of drug-likeness (QED) is 0.375. The van der Waals surface area contributed by atoms with Gasteiger partial charge in [-0.15, -0.1) is 0 Å². The summed E-state index contributed by atoms with van der Waals surface area (Å²) in [6.45, 7) is 3.13. The normalized spacial score (nSPS) is 11.4. The molecule has 2 aromatic rings. The molecule has 0 spiro atoms. The second-order valence-corrected chi connectivity index (χ2v) is 6.78. The van der Waals surface area contributed by atoms with Gasteiger partial charge in [0.15, 0.2) is 5.96 Å². The summed E-state index contributed by atoms with van der Waals surface area (Å²) in [7, 11) is 7.58. The summed E-state index contributed by atoms with van der Waals surface area (Å²) in [5.41, 5.74) is 2.31. The lowest BCUT2D eigenvalue weighted by molar-refractivity contribution is 0.281. The molecule has 0 saturated carbocycles. The predicted molar refractivity (Wildman–Crippen MR) is 115 cm³/mol. The maximum Gasteiger partial charge on any atom is 0.191 e. The van der Waals surface area contributed by atoms with Crippen molar-refractivity contribution in [3.63, 3.8) is 0 Å². The minimum Gasteiger partial charge on any atom is -0.497 e. The van der Waals surface area contributed by atoms with Crippen molar-refractivity contribution in [2.45, 2.75) is 19.5 Å². The van der Waals surface area contributed by atoms with E-state index in [1.807, 2.05) is 30.3 Å². The second kappa shape index (κ2) is 11.9. The van der Waals surface area contributed by atoms with Crippen molar-refractivity contribution in [1.29, 1.82) is 0 Å². The smallest absolute Gasteiger partial charge is 0.191 e. The van der Waals surface area contributed by atoms with Crippen LogP contribution in [0, 0.1) is 0 Å². The van der Waals surface area contributed by atoms with Gasteiger partial charge in [-0.3, -0.25) is 4.99 Å². The Balaban J connectivity index is 1.75. The van der Waals surface area contributed by atoms with Gasteiger partial charge in [0, 0.05) is 26.7 Å². The molecule has 0 aliphatic heterocycles. The summed E-state index contributed by atoms with van der Waals surface area (Å²) >= 11 is 0. The fourth-order valence-corrected chi connectivity index (χ4v) is 2.65. The zero-order chi connectivity index (χ0) is 20.2. The minimum atomic E-state index is 0.677. The van der Waals surface area contributed by atoms with Crippen molar-refractivity contribution in [2.75, 3.05) is 41.4 Å². The van der Waals surface area contributed by atoms with Gasteiger partial charge < -0.3 is 25.0 Å². The van der Waals surface area contributed by atoms with Crippen LogP contribution in [0.2, 0.25) is 0 Å². The van der Waals surface area contributed by atoms with Gasteiger partial charge in [0.1, 0.15) is 11.5 Å². The number of hydrogen-bond donors (Lipinski definition) is 2. The van der Waals surface area contributed by atoms with Crippen LogP contribution in [0.15, 0.2) is 53.5 Å². The van der Waals surface area contributed by atoms with E-state index >= 15 is 0 Å². The van der Waals surface area contributed by atoms with Crippen molar-refractivity contribution in [3.05, 3.63) is 59.7 Å². The first-order chi connectivity index (χ1) is 13.6. The summed E-state index contributed by atoms with van der Waals surface area (Å²) in [5, 5.41) is 6.65. The summed E-state index contributed by atoms with van der Waals surface area (Å²) in [5.74, 6) is 2.51. The number of guanidine groups is 1. The van der Waals surface area contributed by atoms with Crippen LogP contribution < -0.4 is 20.1 Å². The molecule has 2 N–H and O–H groups in total. The molecule has 28 heavy (non-hydrogen) atoms. The minimum absolute atomic E-state index is 0.677. The van der Waals surface area contributed by atoms with Gasteiger partial charge in [0.05, 0.1) is 13.7 Å². The molecule has 0 aliphatic carbocycles. The standard InChI is InChI=1S/C22H32N4O2/c1-23-22(25-17-19-7-5-8-21(15-19)27-4)24-16-18-9-11-20(12-10-18)28-14-6-13-26(2)3/h5,7-12,15H,6,13-14,16-17H2,1-4H3,(H2,23,24,25). The first kappa shape index (κ1) is 21.6. The Kier molecular flexibility index (Phi) is 9.15. The Morgan fingerprint density at radius 2 is 1.68 bits per heavy atom. The first-order valence-electron chi connectivity index (χ1n) is 9.54. The molecule has 152 valence electrons. The van der Waals surface area contributed by atoms with Crippen molar-refractivity contribution in [2.24, 2.45) is 4.99 Å². The molecule has 0 unspecified atom stereocenters. The monoisotopic (exact) mass is 384 g/mol. The van der Waals surface area contributed by atoms with E-state index in [9.17, 15) is 0 Å². The first-order valence-corrected chi connectivity index (χ1v) is 9.54. The predicted octanol–water partition coefficient (Wildman–Crippen LogP) is 2.89. The molecule has 0 heterocycles. The van der Waals surface area contributed by atoms with Crippen molar-refractivity contribution >= 4 is 5.96 Å². The van der Waals surface area contributed by atoms with Gasteiger partial charge in [-0.05, 0) is 55.9 Å². The van der Waals surface area contributed by atoms with Crippen LogP contribution in [0.5, 0.6) is 11.5 Å². The Labute approximate surface area is 168 Å². The van der Waals surface area contributed by atoms with E-state index < -0.39 is 0 Å². The molecular weight excluding hydrogens is 352 g/mol. The molecule has 6 nitrogen and oxygen atoms in total. The third-order valence-electron chi connectivity index (χ3n) is 4.22. The lowest BCUT2D eigenvalue weighted by Crippen LogP contribution is -2.36. The fourth-order valence-electron chi connectivity index (χ4n) is 2.65. The third-order valence-corrected chi connectivity index (χ3v) is 4.22. The maximum atomic E-state index is 5.77. The molecule has 0 atom stereocenters. The van der Waals surface area contributed by atoms with Gasteiger partial charge in [0.25, 0.3) is 0 Å². The van der Waals surface area contributed by atoms with Gasteiger partial charge in [0.2, 0.25) is 0 Å². The fraction of sp³-hybridized carbons (Fsp3) is 0.409. The maximum absolute atomic E-state index is 5.77. The molecule has 0 aromatic heterocycles. The van der Waals surface area contributed by atoms with Gasteiger partial charge in [-0.2, -0.15) is 0 Å². The highest BCUT2D eigenvalue weighted by molar-refractivity contribution is 5.79. The second-order valence-electron chi connectivity index (χ2n) is 6.78. The van der Waals surface area contributed by atoms with E-state index in [1.54, 1.807) is 14.2 Å². The lowest BCUT2D eigenvalue weighted by Gasteiger charge is -2.13. The number of nitrogens with one attached hydrogen (secondary N) is 2. The average molecular weight is 385 g/mol. The Hall–Kier alpha value is -2.73. The zero-order valence-corrected chi connectivity index (χ0v) is 17.4. The number of ether oxygens (including phenoxy) is 2. The van der Waals surface area contributed by atoms with E-state index in [4.69, 9.17) is 9.47 Å². The van der Waals surface area contributed by atoms with E-state index in [-0.39, 0.29) is 0 Å². The Morgan fingerprint density at radius 3 is 2.32 bits per heavy atom. The van der Waals surface area contributed by atoms with Gasteiger partial charge >= 0.3 is 0 Å². The van der Waals surface area contributed by atoms with Crippen molar-refractivity contribution in [1.82, 2.24) is 15.5 Å². The van der Waals surface area contributed by atoms with E-state index in [2.05, 4.69) is 52.8 Å². The molecular formula is C22H32N4O2. The van der Waals surface area contributed by atoms with Crippen LogP contribution in [0.3, 0.4) is 0 Å². The van der Waals surface area contributed by atoms with Crippen molar-refractivity contribution < 1.29 is 9.47 Å². The van der Waals surface area contributed by atoms with E-state index in [0.717, 1.165) is 42.6 Å². The largest absolute Gasteiger partial charge is 0.497 e. The summed E-state index contributed by atoms with van der Waals surface area (Å²) in [4.78, 5) is 6.44. The molecule has 0 amide bonds. The number of aliphatic imine (C=N–C) groups is 1. The third kappa shape index (κ3) is 7.88. The highest BCUT2D eigenvalue weighted by Gasteiger charge is 2.01. The number of nitrogens with zero attached hydrogens (tertiary/aromatic N) is 2. The molecule has 6 heteroatoms. The molecule has 0 bridgehead atoms. The molecule has 0 aliphatic rings. The summed E-state index contributed by atoms with van der Waals surface area (Å²) < 4.78 is 11.0. The topological polar surface area (TPSA) is 58.1 Å². The number of hydrogen-bond acceptors (Lipinski definition) is 4. The Morgan fingerprint density at radius 1 is 0.964 bits per heavy atom. The van der Waals surface area contributed by atoms with Crippen LogP contribution >= 0.6 is 0 Å². The Bertz CT molecular complexity index is 730. The molecule has 0 saturated heterocycles. The number of benzene rings is 2. The van der Waals surface area contributed by atoms with Crippen molar-refractivity contribution in [3.8, 4) is 11.5 Å². The summed E-state index contributed by atoms with van der Waals surface area (Å²) in [6.07, 6.45) is 1.02. The summed E-state index contributed by atoms with van der Waals surface area (Å²) in [6, 6.07) is 16.2.